The Morgan fingerprint density at radius 3 is 2.77 bits per heavy atom. The Kier molecular flexibility index (Phi) is 5.16. The van der Waals surface area contributed by atoms with Gasteiger partial charge in [0.2, 0.25) is 5.91 Å². The Balaban J connectivity index is 1.96. The Morgan fingerprint density at radius 2 is 2.05 bits per heavy atom. The lowest BCUT2D eigenvalue weighted by Crippen LogP contribution is -2.41. The van der Waals surface area contributed by atoms with E-state index in [1.807, 2.05) is 13.8 Å². The van der Waals surface area contributed by atoms with Crippen LogP contribution in [0.1, 0.15) is 13.8 Å². The zero-order chi connectivity index (χ0) is 16.1. The summed E-state index contributed by atoms with van der Waals surface area (Å²) in [5.74, 6) is -0.235. The van der Waals surface area contributed by atoms with Gasteiger partial charge in [0.15, 0.2) is 0 Å². The number of fused-ring (bicyclic) bond motifs is 1. The maximum Gasteiger partial charge on any atom is 0.319 e. The van der Waals surface area contributed by atoms with Crippen LogP contribution in [0, 0.1) is 0 Å². The molecule has 0 saturated carbocycles. The lowest BCUT2D eigenvalue weighted by atomic mass is 10.1. The van der Waals surface area contributed by atoms with Crippen molar-refractivity contribution in [2.75, 3.05) is 11.9 Å². The highest BCUT2D eigenvalue weighted by molar-refractivity contribution is 6.34. The minimum Gasteiger partial charge on any atom is -0.352 e. The standard InChI is InChI=1S/C15H17ClN4O2/c1-9(2)19-13(21)8-18-15(22)20-11-3-4-12-10(7-11)5-6-17-14(12)16/h3-7,9H,8H2,1-2H3,(H,19,21)(H2,18,20,22). The van der Waals surface area contributed by atoms with Crippen molar-refractivity contribution in [2.24, 2.45) is 0 Å². The van der Waals surface area contributed by atoms with Gasteiger partial charge >= 0.3 is 6.03 Å². The van der Waals surface area contributed by atoms with Crippen molar-refractivity contribution >= 4 is 40.0 Å². The third-order valence-corrected chi connectivity index (χ3v) is 3.13. The first kappa shape index (κ1) is 16.0. The number of carbonyl (C=O) groups excluding carboxylic acids is 2. The van der Waals surface area contributed by atoms with Gasteiger partial charge in [-0.05, 0) is 43.5 Å². The summed E-state index contributed by atoms with van der Waals surface area (Å²) in [6, 6.07) is 6.70. The molecule has 3 N–H and O–H groups in total. The van der Waals surface area contributed by atoms with E-state index in [1.54, 1.807) is 30.5 Å². The van der Waals surface area contributed by atoms with E-state index in [9.17, 15) is 9.59 Å². The molecule has 2 rings (SSSR count). The Morgan fingerprint density at radius 1 is 1.27 bits per heavy atom. The van der Waals surface area contributed by atoms with E-state index in [4.69, 9.17) is 11.6 Å². The zero-order valence-corrected chi connectivity index (χ0v) is 13.1. The number of nitrogens with zero attached hydrogens (tertiary/aromatic N) is 1. The number of benzene rings is 1. The van der Waals surface area contributed by atoms with Gasteiger partial charge in [-0.15, -0.1) is 0 Å². The molecule has 0 aliphatic carbocycles. The molecule has 1 aromatic carbocycles. The number of hydrogen-bond acceptors (Lipinski definition) is 3. The third kappa shape index (κ3) is 4.33. The number of aromatic nitrogens is 1. The Labute approximate surface area is 133 Å². The van der Waals surface area contributed by atoms with Crippen LogP contribution in [0.15, 0.2) is 30.5 Å². The van der Waals surface area contributed by atoms with E-state index in [-0.39, 0.29) is 18.5 Å². The number of hydrogen-bond donors (Lipinski definition) is 3. The molecule has 0 aliphatic heterocycles. The van der Waals surface area contributed by atoms with Gasteiger partial charge < -0.3 is 16.0 Å². The molecule has 0 spiro atoms. The number of amides is 3. The summed E-state index contributed by atoms with van der Waals surface area (Å²) in [5.41, 5.74) is 0.608. The lowest BCUT2D eigenvalue weighted by Gasteiger charge is -2.10. The second-order valence-electron chi connectivity index (χ2n) is 5.07. The van der Waals surface area contributed by atoms with Crippen LogP contribution in [0.4, 0.5) is 10.5 Å². The van der Waals surface area contributed by atoms with E-state index in [0.29, 0.717) is 10.8 Å². The third-order valence-electron chi connectivity index (χ3n) is 2.83. The molecule has 1 heterocycles. The van der Waals surface area contributed by atoms with E-state index in [0.717, 1.165) is 10.8 Å². The van der Waals surface area contributed by atoms with Gasteiger partial charge in [0.25, 0.3) is 0 Å². The number of rotatable bonds is 4. The van der Waals surface area contributed by atoms with Crippen LogP contribution in [-0.2, 0) is 4.79 Å². The van der Waals surface area contributed by atoms with Crippen LogP contribution in [0.25, 0.3) is 10.8 Å². The fourth-order valence-corrected chi connectivity index (χ4v) is 2.16. The van der Waals surface area contributed by atoms with Gasteiger partial charge in [0.05, 0.1) is 6.54 Å². The first-order valence-electron chi connectivity index (χ1n) is 6.84. The Bertz CT molecular complexity index is 703. The van der Waals surface area contributed by atoms with Crippen molar-refractivity contribution in [3.63, 3.8) is 0 Å². The fraction of sp³-hybridized carbons (Fsp3) is 0.267. The van der Waals surface area contributed by atoms with Crippen molar-refractivity contribution in [1.82, 2.24) is 15.6 Å². The molecule has 0 atom stereocenters. The number of carbonyl (C=O) groups is 2. The van der Waals surface area contributed by atoms with E-state index in [2.05, 4.69) is 20.9 Å². The van der Waals surface area contributed by atoms with Crippen LogP contribution < -0.4 is 16.0 Å². The second kappa shape index (κ2) is 7.09. The largest absolute Gasteiger partial charge is 0.352 e. The van der Waals surface area contributed by atoms with Gasteiger partial charge in [0, 0.05) is 23.3 Å². The highest BCUT2D eigenvalue weighted by atomic mass is 35.5. The lowest BCUT2D eigenvalue weighted by molar-refractivity contribution is -0.120. The maximum absolute atomic E-state index is 11.8. The quantitative estimate of drug-likeness (QED) is 0.757. The molecule has 0 fully saturated rings. The van der Waals surface area contributed by atoms with Crippen molar-refractivity contribution in [2.45, 2.75) is 19.9 Å². The molecule has 6 nitrogen and oxygen atoms in total. The van der Waals surface area contributed by atoms with Crippen LogP contribution in [0.5, 0.6) is 0 Å². The molecular formula is C15H17ClN4O2. The highest BCUT2D eigenvalue weighted by Gasteiger charge is 2.07. The van der Waals surface area contributed by atoms with Gasteiger partial charge in [-0.25, -0.2) is 9.78 Å². The van der Waals surface area contributed by atoms with Crippen LogP contribution in [-0.4, -0.2) is 29.5 Å². The first-order valence-corrected chi connectivity index (χ1v) is 7.22. The molecular weight excluding hydrogens is 304 g/mol. The average molecular weight is 321 g/mol. The summed E-state index contributed by atoms with van der Waals surface area (Å²) in [4.78, 5) is 27.2. The van der Waals surface area contributed by atoms with Gasteiger partial charge in [-0.2, -0.15) is 0 Å². The van der Waals surface area contributed by atoms with E-state index < -0.39 is 6.03 Å². The Hall–Kier alpha value is -2.34. The number of urea groups is 1. The number of pyridine rings is 1. The number of halogens is 1. The summed E-state index contributed by atoms with van der Waals surface area (Å²) < 4.78 is 0. The van der Waals surface area contributed by atoms with Gasteiger partial charge in [-0.1, -0.05) is 11.6 Å². The molecule has 22 heavy (non-hydrogen) atoms. The normalized spacial score (nSPS) is 10.5. The number of nitrogens with one attached hydrogen (secondary N) is 3. The van der Waals surface area contributed by atoms with Crippen molar-refractivity contribution < 1.29 is 9.59 Å². The molecule has 0 radical (unpaired) electrons. The molecule has 3 amide bonds. The smallest absolute Gasteiger partial charge is 0.319 e. The zero-order valence-electron chi connectivity index (χ0n) is 12.3. The first-order chi connectivity index (χ1) is 10.5. The van der Waals surface area contributed by atoms with Crippen molar-refractivity contribution in [3.05, 3.63) is 35.6 Å². The van der Waals surface area contributed by atoms with Crippen LogP contribution in [0.2, 0.25) is 5.15 Å². The molecule has 0 bridgehead atoms. The fourth-order valence-electron chi connectivity index (χ4n) is 1.93. The summed E-state index contributed by atoms with van der Waals surface area (Å²) in [6.45, 7) is 3.63. The summed E-state index contributed by atoms with van der Waals surface area (Å²) in [5, 5.41) is 9.95. The summed E-state index contributed by atoms with van der Waals surface area (Å²) in [7, 11) is 0. The monoisotopic (exact) mass is 320 g/mol. The molecule has 1 aromatic heterocycles. The van der Waals surface area contributed by atoms with Crippen molar-refractivity contribution in [3.8, 4) is 0 Å². The minimum atomic E-state index is -0.446. The molecule has 0 unspecified atom stereocenters. The molecule has 116 valence electrons. The highest BCUT2D eigenvalue weighted by Crippen LogP contribution is 2.23. The molecule has 0 aliphatic rings. The molecule has 2 aromatic rings. The van der Waals surface area contributed by atoms with E-state index in [1.165, 1.54) is 0 Å². The van der Waals surface area contributed by atoms with Gasteiger partial charge in [0.1, 0.15) is 5.15 Å². The van der Waals surface area contributed by atoms with Gasteiger partial charge in [-0.3, -0.25) is 4.79 Å². The van der Waals surface area contributed by atoms with E-state index >= 15 is 0 Å². The topological polar surface area (TPSA) is 83.1 Å². The molecule has 7 heteroatoms. The minimum absolute atomic E-state index is 0.0382. The SMILES string of the molecule is CC(C)NC(=O)CNC(=O)Nc1ccc2c(Cl)nccc2c1. The van der Waals surface area contributed by atoms with Crippen LogP contribution >= 0.6 is 11.6 Å². The predicted molar refractivity (Wildman–Crippen MR) is 87.1 cm³/mol. The second-order valence-corrected chi connectivity index (χ2v) is 5.43. The number of anilines is 1. The van der Waals surface area contributed by atoms with Crippen molar-refractivity contribution in [1.29, 1.82) is 0 Å². The predicted octanol–water partition coefficient (Wildman–Crippen LogP) is 2.53. The average Bonchev–Trinajstić information content (AvgIpc) is 2.44. The summed E-state index contributed by atoms with van der Waals surface area (Å²) >= 11 is 5.99. The summed E-state index contributed by atoms with van der Waals surface area (Å²) in [6.07, 6.45) is 1.60. The molecule has 0 saturated heterocycles. The maximum atomic E-state index is 11.8. The van der Waals surface area contributed by atoms with Crippen LogP contribution in [0.3, 0.4) is 0 Å².